The number of hydrogen-bond donors (Lipinski definition) is 1. The third-order valence-corrected chi connectivity index (χ3v) is 4.41. The summed E-state index contributed by atoms with van der Waals surface area (Å²) in [5.41, 5.74) is 0.328. The Labute approximate surface area is 111 Å². The summed E-state index contributed by atoms with van der Waals surface area (Å²) in [4.78, 5) is 0. The molecule has 1 nitrogen and oxygen atoms in total. The minimum atomic E-state index is -4.24. The second-order valence-corrected chi connectivity index (χ2v) is 5.84. The van der Waals surface area contributed by atoms with Crippen molar-refractivity contribution in [2.24, 2.45) is 5.92 Å². The van der Waals surface area contributed by atoms with Crippen LogP contribution < -0.4 is 5.32 Å². The van der Waals surface area contributed by atoms with Crippen molar-refractivity contribution in [3.63, 3.8) is 0 Å². The SMILES string of the molecule is FC(F)(F)c1cccc(CC2(C3CC3)CCCN2)c1. The molecular formula is C15H18F3N. The lowest BCUT2D eigenvalue weighted by Gasteiger charge is -2.30. The van der Waals surface area contributed by atoms with Crippen molar-refractivity contribution in [3.05, 3.63) is 35.4 Å². The maximum absolute atomic E-state index is 12.7. The van der Waals surface area contributed by atoms with E-state index in [2.05, 4.69) is 5.32 Å². The van der Waals surface area contributed by atoms with Gasteiger partial charge in [-0.25, -0.2) is 0 Å². The van der Waals surface area contributed by atoms with Crippen molar-refractivity contribution in [1.82, 2.24) is 5.32 Å². The largest absolute Gasteiger partial charge is 0.416 e. The molecule has 1 saturated carbocycles. The van der Waals surface area contributed by atoms with E-state index in [1.54, 1.807) is 0 Å². The highest BCUT2D eigenvalue weighted by Gasteiger charge is 2.46. The van der Waals surface area contributed by atoms with Crippen LogP contribution in [0.5, 0.6) is 0 Å². The van der Waals surface area contributed by atoms with Crippen LogP contribution in [0.4, 0.5) is 13.2 Å². The van der Waals surface area contributed by atoms with Gasteiger partial charge < -0.3 is 5.32 Å². The average Bonchev–Trinajstić information content (AvgIpc) is 3.11. The highest BCUT2D eigenvalue weighted by atomic mass is 19.4. The lowest BCUT2D eigenvalue weighted by molar-refractivity contribution is -0.137. The average molecular weight is 269 g/mol. The van der Waals surface area contributed by atoms with Crippen molar-refractivity contribution in [1.29, 1.82) is 0 Å². The van der Waals surface area contributed by atoms with Crippen molar-refractivity contribution >= 4 is 0 Å². The molecule has 1 aromatic rings. The summed E-state index contributed by atoms with van der Waals surface area (Å²) in [5, 5.41) is 3.56. The van der Waals surface area contributed by atoms with Crippen LogP contribution in [0.15, 0.2) is 24.3 Å². The molecule has 0 spiro atoms. The molecule has 0 aromatic heterocycles. The fourth-order valence-electron chi connectivity index (χ4n) is 3.33. The minimum absolute atomic E-state index is 0.0597. The van der Waals surface area contributed by atoms with Crippen LogP contribution >= 0.6 is 0 Å². The summed E-state index contributed by atoms with van der Waals surface area (Å²) in [5.74, 6) is 0.657. The highest BCUT2D eigenvalue weighted by molar-refractivity contribution is 5.28. The van der Waals surface area contributed by atoms with Crippen LogP contribution in [0.1, 0.15) is 36.8 Å². The molecule has 1 aliphatic heterocycles. The van der Waals surface area contributed by atoms with Gasteiger partial charge >= 0.3 is 6.18 Å². The zero-order chi connectivity index (χ0) is 13.5. The Hall–Kier alpha value is -1.03. The van der Waals surface area contributed by atoms with E-state index in [-0.39, 0.29) is 5.54 Å². The lowest BCUT2D eigenvalue weighted by atomic mass is 9.84. The van der Waals surface area contributed by atoms with Crippen molar-refractivity contribution < 1.29 is 13.2 Å². The predicted octanol–water partition coefficient (Wildman–Crippen LogP) is 3.78. The quantitative estimate of drug-likeness (QED) is 0.880. The first-order valence-electron chi connectivity index (χ1n) is 6.91. The van der Waals surface area contributed by atoms with Crippen LogP contribution in [-0.2, 0) is 12.6 Å². The number of benzene rings is 1. The fraction of sp³-hybridized carbons (Fsp3) is 0.600. The number of halogens is 3. The zero-order valence-corrected chi connectivity index (χ0v) is 10.8. The first-order chi connectivity index (χ1) is 9.00. The maximum Gasteiger partial charge on any atom is 0.416 e. The molecule has 19 heavy (non-hydrogen) atoms. The van der Waals surface area contributed by atoms with E-state index >= 15 is 0 Å². The van der Waals surface area contributed by atoms with Gasteiger partial charge in [-0.15, -0.1) is 0 Å². The second kappa shape index (κ2) is 4.51. The smallest absolute Gasteiger partial charge is 0.311 e. The minimum Gasteiger partial charge on any atom is -0.311 e. The van der Waals surface area contributed by atoms with Gasteiger partial charge in [0.1, 0.15) is 0 Å². The molecule has 104 valence electrons. The topological polar surface area (TPSA) is 12.0 Å². The molecule has 3 rings (SSSR count). The van der Waals surface area contributed by atoms with Crippen LogP contribution in [0, 0.1) is 5.92 Å². The maximum atomic E-state index is 12.7. The monoisotopic (exact) mass is 269 g/mol. The number of hydrogen-bond acceptors (Lipinski definition) is 1. The van der Waals surface area contributed by atoms with Crippen LogP contribution in [0.25, 0.3) is 0 Å². The Balaban J connectivity index is 1.82. The van der Waals surface area contributed by atoms with Crippen LogP contribution in [0.2, 0.25) is 0 Å². The molecule has 0 bridgehead atoms. The van der Waals surface area contributed by atoms with Crippen molar-refractivity contribution in [2.45, 2.75) is 43.8 Å². The van der Waals surface area contributed by atoms with Crippen LogP contribution in [0.3, 0.4) is 0 Å². The van der Waals surface area contributed by atoms with Gasteiger partial charge in [0.2, 0.25) is 0 Å². The van der Waals surface area contributed by atoms with Gasteiger partial charge in [0.15, 0.2) is 0 Å². The van der Waals surface area contributed by atoms with E-state index in [0.717, 1.165) is 37.4 Å². The second-order valence-electron chi connectivity index (χ2n) is 5.84. The molecule has 2 aliphatic rings. The molecule has 0 amide bonds. The lowest BCUT2D eigenvalue weighted by Crippen LogP contribution is -2.44. The van der Waals surface area contributed by atoms with E-state index in [1.165, 1.54) is 25.0 Å². The summed E-state index contributed by atoms with van der Waals surface area (Å²) >= 11 is 0. The van der Waals surface area contributed by atoms with Gasteiger partial charge in [-0.05, 0) is 56.2 Å². The molecule has 0 radical (unpaired) electrons. The first-order valence-corrected chi connectivity index (χ1v) is 6.91. The van der Waals surface area contributed by atoms with Gasteiger partial charge in [0.05, 0.1) is 5.56 Å². The van der Waals surface area contributed by atoms with Gasteiger partial charge in [0.25, 0.3) is 0 Å². The highest BCUT2D eigenvalue weighted by Crippen LogP contribution is 2.46. The molecule has 1 saturated heterocycles. The molecule has 1 atom stereocenters. The fourth-order valence-corrected chi connectivity index (χ4v) is 3.33. The summed E-state index contributed by atoms with van der Waals surface area (Å²) < 4.78 is 38.2. The molecule has 1 heterocycles. The molecule has 1 N–H and O–H groups in total. The third-order valence-electron chi connectivity index (χ3n) is 4.41. The summed E-state index contributed by atoms with van der Waals surface area (Å²) in [7, 11) is 0. The van der Waals surface area contributed by atoms with Gasteiger partial charge in [-0.2, -0.15) is 13.2 Å². The first kappa shape index (κ1) is 13.0. The predicted molar refractivity (Wildman–Crippen MR) is 67.8 cm³/mol. The standard InChI is InChI=1S/C15H18F3N/c16-15(17,18)13-4-1-3-11(9-13)10-14(12-5-6-12)7-2-8-19-14/h1,3-4,9,12,19H,2,5-8,10H2. The van der Waals surface area contributed by atoms with Gasteiger partial charge in [-0.1, -0.05) is 18.2 Å². The summed E-state index contributed by atoms with van der Waals surface area (Å²) in [6, 6.07) is 5.80. The molecule has 1 unspecified atom stereocenters. The number of rotatable bonds is 3. The molecular weight excluding hydrogens is 251 g/mol. The Morgan fingerprint density at radius 1 is 1.26 bits per heavy atom. The van der Waals surface area contributed by atoms with E-state index < -0.39 is 11.7 Å². The Morgan fingerprint density at radius 3 is 2.63 bits per heavy atom. The molecule has 2 fully saturated rings. The Bertz CT molecular complexity index is 457. The molecule has 4 heteroatoms. The normalized spacial score (nSPS) is 27.7. The van der Waals surface area contributed by atoms with Gasteiger partial charge in [-0.3, -0.25) is 0 Å². The van der Waals surface area contributed by atoms with E-state index in [9.17, 15) is 13.2 Å². The van der Waals surface area contributed by atoms with E-state index in [1.807, 2.05) is 6.07 Å². The van der Waals surface area contributed by atoms with Crippen molar-refractivity contribution in [2.75, 3.05) is 6.54 Å². The van der Waals surface area contributed by atoms with E-state index in [4.69, 9.17) is 0 Å². The van der Waals surface area contributed by atoms with Gasteiger partial charge in [0, 0.05) is 5.54 Å². The van der Waals surface area contributed by atoms with E-state index in [0.29, 0.717) is 5.92 Å². The molecule has 1 aromatic carbocycles. The summed E-state index contributed by atoms with van der Waals surface area (Å²) in [6.07, 6.45) is 1.13. The number of nitrogens with one attached hydrogen (secondary N) is 1. The van der Waals surface area contributed by atoms with Crippen LogP contribution in [-0.4, -0.2) is 12.1 Å². The zero-order valence-electron chi connectivity index (χ0n) is 10.8. The van der Waals surface area contributed by atoms with Crippen molar-refractivity contribution in [3.8, 4) is 0 Å². The Morgan fingerprint density at radius 2 is 2.05 bits per heavy atom. The third kappa shape index (κ3) is 2.64. The summed E-state index contributed by atoms with van der Waals surface area (Å²) in [6.45, 7) is 0.995. The number of alkyl halides is 3. The Kier molecular flexibility index (Phi) is 3.08. The molecule has 1 aliphatic carbocycles.